The van der Waals surface area contributed by atoms with Crippen molar-refractivity contribution in [3.05, 3.63) is 17.0 Å². The quantitative estimate of drug-likeness (QED) is 0.557. The third-order valence-electron chi connectivity index (χ3n) is 1.95. The average Bonchev–Trinajstić information content (AvgIpc) is 2.42. The van der Waals surface area contributed by atoms with Crippen LogP contribution in [0.3, 0.4) is 0 Å². The first-order valence-corrected chi connectivity index (χ1v) is 3.70. The summed E-state index contributed by atoms with van der Waals surface area (Å²) in [5.41, 5.74) is 6.74. The summed E-state index contributed by atoms with van der Waals surface area (Å²) in [6.45, 7) is 2.13. The largest absolute Gasteiger partial charge is 0.361 e. The first kappa shape index (κ1) is 7.30. The minimum Gasteiger partial charge on any atom is -0.361 e. The second-order valence-corrected chi connectivity index (χ2v) is 2.82. The lowest BCUT2D eigenvalue weighted by atomic mass is 10.0. The van der Waals surface area contributed by atoms with E-state index in [-0.39, 0.29) is 11.9 Å². The van der Waals surface area contributed by atoms with E-state index in [1.165, 1.54) is 0 Å². The van der Waals surface area contributed by atoms with Crippen LogP contribution in [0, 0.1) is 6.92 Å². The van der Waals surface area contributed by atoms with Crippen LogP contribution in [0.4, 0.5) is 0 Å². The van der Waals surface area contributed by atoms with Gasteiger partial charge in [0.05, 0.1) is 6.04 Å². The monoisotopic (exact) mass is 167 g/mol. The fourth-order valence-corrected chi connectivity index (χ4v) is 1.31. The van der Waals surface area contributed by atoms with Crippen LogP contribution in [0.25, 0.3) is 0 Å². The molecule has 0 saturated carbocycles. The highest BCUT2D eigenvalue weighted by Gasteiger charge is 2.28. The van der Waals surface area contributed by atoms with Gasteiger partial charge in [-0.05, 0) is 6.92 Å². The van der Waals surface area contributed by atoms with Gasteiger partial charge in [0.1, 0.15) is 17.0 Å². The van der Waals surface area contributed by atoms with Gasteiger partial charge in [-0.1, -0.05) is 5.16 Å². The molecule has 0 bridgehead atoms. The van der Waals surface area contributed by atoms with E-state index in [0.717, 1.165) is 0 Å². The molecule has 0 spiro atoms. The summed E-state index contributed by atoms with van der Waals surface area (Å²) in [5, 5.41) is 6.38. The lowest BCUT2D eigenvalue weighted by Crippen LogP contribution is -2.38. The molecule has 1 aliphatic rings. The fourth-order valence-electron chi connectivity index (χ4n) is 1.31. The molecule has 2 heterocycles. The highest BCUT2D eigenvalue weighted by Crippen LogP contribution is 2.21. The van der Waals surface area contributed by atoms with Crippen LogP contribution in [0.5, 0.6) is 0 Å². The molecule has 0 aromatic carbocycles. The zero-order valence-corrected chi connectivity index (χ0v) is 6.63. The van der Waals surface area contributed by atoms with E-state index in [4.69, 9.17) is 10.3 Å². The lowest BCUT2D eigenvalue weighted by molar-refractivity contribution is 0.0939. The summed E-state index contributed by atoms with van der Waals surface area (Å²) < 4.78 is 4.87. The molecule has 0 aliphatic carbocycles. The molecule has 1 aromatic heterocycles. The topological polar surface area (TPSA) is 81.2 Å². The summed E-state index contributed by atoms with van der Waals surface area (Å²) in [6, 6.07) is -0.241. The molecule has 1 aliphatic heterocycles. The van der Waals surface area contributed by atoms with Crippen molar-refractivity contribution in [1.29, 1.82) is 0 Å². The number of nitrogens with zero attached hydrogens (tertiary/aromatic N) is 1. The Labute approximate surface area is 68.9 Å². The number of rotatable bonds is 0. The van der Waals surface area contributed by atoms with Crippen LogP contribution in [0.2, 0.25) is 0 Å². The number of nitrogens with two attached hydrogens (primary N) is 1. The number of carbonyl (C=O) groups is 1. The van der Waals surface area contributed by atoms with Crippen LogP contribution in [-0.2, 0) is 0 Å². The molecule has 2 rings (SSSR count). The molecule has 5 nitrogen and oxygen atoms in total. The Morgan fingerprint density at radius 2 is 2.50 bits per heavy atom. The second kappa shape index (κ2) is 2.31. The molecule has 1 unspecified atom stereocenters. The maximum Gasteiger partial charge on any atom is 0.256 e. The van der Waals surface area contributed by atoms with Crippen molar-refractivity contribution in [3.8, 4) is 0 Å². The third kappa shape index (κ3) is 0.831. The van der Waals surface area contributed by atoms with Crippen molar-refractivity contribution in [3.63, 3.8) is 0 Å². The molecule has 0 saturated heterocycles. The van der Waals surface area contributed by atoms with E-state index in [0.29, 0.717) is 23.6 Å². The predicted molar refractivity (Wildman–Crippen MR) is 40.5 cm³/mol. The van der Waals surface area contributed by atoms with Gasteiger partial charge >= 0.3 is 0 Å². The molecular weight excluding hydrogens is 158 g/mol. The van der Waals surface area contributed by atoms with Crippen molar-refractivity contribution in [1.82, 2.24) is 10.5 Å². The minimum atomic E-state index is -0.241. The zero-order valence-electron chi connectivity index (χ0n) is 6.63. The minimum absolute atomic E-state index is 0.148. The number of amides is 1. The number of aryl methyl sites for hydroxylation is 1. The maximum absolute atomic E-state index is 11.2. The Hall–Kier alpha value is -1.36. The van der Waals surface area contributed by atoms with E-state index in [1.807, 2.05) is 0 Å². The molecule has 12 heavy (non-hydrogen) atoms. The van der Waals surface area contributed by atoms with Crippen LogP contribution in [0.15, 0.2) is 4.52 Å². The van der Waals surface area contributed by atoms with Crippen LogP contribution in [0.1, 0.15) is 27.9 Å². The number of hydrogen-bond donors (Lipinski definition) is 2. The molecular formula is C7H9N3O2. The molecule has 1 aromatic rings. The summed E-state index contributed by atoms with van der Waals surface area (Å²) >= 11 is 0. The lowest BCUT2D eigenvalue weighted by Gasteiger charge is -2.16. The van der Waals surface area contributed by atoms with E-state index in [2.05, 4.69) is 10.5 Å². The SMILES string of the molecule is Cc1onc2c1C(=O)NCC2N. The molecule has 0 fully saturated rings. The van der Waals surface area contributed by atoms with E-state index >= 15 is 0 Å². The smallest absolute Gasteiger partial charge is 0.256 e. The molecule has 3 N–H and O–H groups in total. The molecule has 5 heteroatoms. The van der Waals surface area contributed by atoms with Crippen molar-refractivity contribution in [2.24, 2.45) is 5.73 Å². The van der Waals surface area contributed by atoms with Gasteiger partial charge in [0, 0.05) is 6.54 Å². The van der Waals surface area contributed by atoms with Gasteiger partial charge in [0.15, 0.2) is 0 Å². The number of hydrogen-bond acceptors (Lipinski definition) is 4. The summed E-state index contributed by atoms with van der Waals surface area (Å²) in [4.78, 5) is 11.2. The van der Waals surface area contributed by atoms with Crippen molar-refractivity contribution in [2.45, 2.75) is 13.0 Å². The van der Waals surface area contributed by atoms with Gasteiger partial charge in [-0.25, -0.2) is 0 Å². The maximum atomic E-state index is 11.2. The van der Waals surface area contributed by atoms with Crippen molar-refractivity contribution in [2.75, 3.05) is 6.54 Å². The van der Waals surface area contributed by atoms with Gasteiger partial charge in [-0.15, -0.1) is 0 Å². The highest BCUT2D eigenvalue weighted by atomic mass is 16.5. The average molecular weight is 167 g/mol. The van der Waals surface area contributed by atoms with E-state index in [1.54, 1.807) is 6.92 Å². The first-order chi connectivity index (χ1) is 5.70. The highest BCUT2D eigenvalue weighted by molar-refractivity contribution is 5.97. The molecule has 0 radical (unpaired) electrons. The standard InChI is InChI=1S/C7H9N3O2/c1-3-5-6(10-12-3)4(8)2-9-7(5)11/h4H,2,8H2,1H3,(H,9,11). The normalized spacial score (nSPS) is 21.8. The van der Waals surface area contributed by atoms with Gasteiger partial charge in [-0.2, -0.15) is 0 Å². The molecule has 1 amide bonds. The summed E-state index contributed by atoms with van der Waals surface area (Å²) in [6.07, 6.45) is 0. The Bertz CT molecular complexity index is 331. The van der Waals surface area contributed by atoms with Crippen LogP contribution < -0.4 is 11.1 Å². The number of nitrogens with one attached hydrogen (secondary N) is 1. The van der Waals surface area contributed by atoms with Gasteiger partial charge < -0.3 is 15.6 Å². The Balaban J connectivity index is 2.57. The summed E-state index contributed by atoms with van der Waals surface area (Å²) in [5.74, 6) is 0.378. The third-order valence-corrected chi connectivity index (χ3v) is 1.95. The first-order valence-electron chi connectivity index (χ1n) is 3.70. The molecule has 1 atom stereocenters. The van der Waals surface area contributed by atoms with Gasteiger partial charge in [-0.3, -0.25) is 4.79 Å². The number of aromatic nitrogens is 1. The van der Waals surface area contributed by atoms with E-state index in [9.17, 15) is 4.79 Å². The van der Waals surface area contributed by atoms with Gasteiger partial charge in [0.2, 0.25) is 0 Å². The molecule has 64 valence electrons. The van der Waals surface area contributed by atoms with Crippen molar-refractivity contribution >= 4 is 5.91 Å². The summed E-state index contributed by atoms with van der Waals surface area (Å²) in [7, 11) is 0. The fraction of sp³-hybridized carbons (Fsp3) is 0.429. The Morgan fingerprint density at radius 1 is 1.75 bits per heavy atom. The van der Waals surface area contributed by atoms with Crippen LogP contribution in [-0.4, -0.2) is 17.6 Å². The van der Waals surface area contributed by atoms with E-state index < -0.39 is 0 Å². The number of fused-ring (bicyclic) bond motifs is 1. The second-order valence-electron chi connectivity index (χ2n) is 2.82. The number of carbonyl (C=O) groups excluding carboxylic acids is 1. The Morgan fingerprint density at radius 3 is 3.17 bits per heavy atom. The van der Waals surface area contributed by atoms with Crippen molar-refractivity contribution < 1.29 is 9.32 Å². The predicted octanol–water partition coefficient (Wildman–Crippen LogP) is -0.274. The Kier molecular flexibility index (Phi) is 1.41. The van der Waals surface area contributed by atoms with Crippen LogP contribution >= 0.6 is 0 Å². The van der Waals surface area contributed by atoms with Gasteiger partial charge in [0.25, 0.3) is 5.91 Å². The zero-order chi connectivity index (χ0) is 8.72.